The van der Waals surface area contributed by atoms with Gasteiger partial charge in [0.1, 0.15) is 5.75 Å². The van der Waals surface area contributed by atoms with E-state index in [4.69, 9.17) is 22.1 Å². The molecule has 0 saturated heterocycles. The molecule has 0 bridgehead atoms. The Hall–Kier alpha value is -1.71. The van der Waals surface area contributed by atoms with Crippen molar-refractivity contribution in [2.24, 2.45) is 5.73 Å². The number of anilines is 1. The molecule has 2 aromatic carbocycles. The van der Waals surface area contributed by atoms with Gasteiger partial charge in [0.25, 0.3) is 0 Å². The molecule has 2 rings (SSSR count). The van der Waals surface area contributed by atoms with Crippen molar-refractivity contribution >= 4 is 17.3 Å². The molecular formula is C17H21ClN2O. The van der Waals surface area contributed by atoms with Crippen LogP contribution in [-0.2, 0) is 13.0 Å². The number of methoxy groups -OCH3 is 1. The first-order chi connectivity index (χ1) is 10.1. The third kappa shape index (κ3) is 4.13. The van der Waals surface area contributed by atoms with Crippen LogP contribution in [0.4, 0.5) is 5.69 Å². The Morgan fingerprint density at radius 1 is 1.19 bits per heavy atom. The number of hydrogen-bond acceptors (Lipinski definition) is 3. The van der Waals surface area contributed by atoms with Gasteiger partial charge in [0.15, 0.2) is 0 Å². The van der Waals surface area contributed by atoms with Crippen LogP contribution in [0, 0.1) is 0 Å². The van der Waals surface area contributed by atoms with E-state index in [1.807, 2.05) is 37.4 Å². The first kappa shape index (κ1) is 15.7. The summed E-state index contributed by atoms with van der Waals surface area (Å²) in [4.78, 5) is 2.16. The van der Waals surface area contributed by atoms with Gasteiger partial charge in [0, 0.05) is 24.3 Å². The zero-order valence-electron chi connectivity index (χ0n) is 12.5. The van der Waals surface area contributed by atoms with Gasteiger partial charge in [-0.1, -0.05) is 29.8 Å². The van der Waals surface area contributed by atoms with Crippen LogP contribution < -0.4 is 15.4 Å². The molecule has 0 amide bonds. The Kier molecular flexibility index (Phi) is 5.48. The fraction of sp³-hybridized carbons (Fsp3) is 0.294. The smallest absolute Gasteiger partial charge is 0.119 e. The minimum absolute atomic E-state index is 0.610. The van der Waals surface area contributed by atoms with Gasteiger partial charge in [-0.15, -0.1) is 0 Å². The second-order valence-electron chi connectivity index (χ2n) is 5.02. The maximum atomic E-state index is 6.30. The second kappa shape index (κ2) is 7.34. The third-order valence-electron chi connectivity index (χ3n) is 3.44. The second-order valence-corrected chi connectivity index (χ2v) is 5.43. The summed E-state index contributed by atoms with van der Waals surface area (Å²) < 4.78 is 5.25. The molecule has 112 valence electrons. The minimum Gasteiger partial charge on any atom is -0.497 e. The zero-order chi connectivity index (χ0) is 15.2. The lowest BCUT2D eigenvalue weighted by atomic mass is 10.1. The number of nitrogens with two attached hydrogens (primary N) is 1. The average molecular weight is 305 g/mol. The van der Waals surface area contributed by atoms with Crippen molar-refractivity contribution in [3.63, 3.8) is 0 Å². The molecule has 21 heavy (non-hydrogen) atoms. The summed E-state index contributed by atoms with van der Waals surface area (Å²) in [6, 6.07) is 14.2. The molecular weight excluding hydrogens is 284 g/mol. The standard InChI is InChI=1S/C17H21ClN2O/c1-20(12-13-4-3-5-16(10-13)21-2)15-7-6-14(8-9-19)17(18)11-15/h3-7,10-11H,8-9,12,19H2,1-2H3. The van der Waals surface area contributed by atoms with E-state index in [9.17, 15) is 0 Å². The van der Waals surface area contributed by atoms with E-state index in [-0.39, 0.29) is 0 Å². The lowest BCUT2D eigenvalue weighted by Gasteiger charge is -2.20. The Labute approximate surface area is 131 Å². The van der Waals surface area contributed by atoms with E-state index in [0.717, 1.165) is 35.0 Å². The SMILES string of the molecule is COc1cccc(CN(C)c2ccc(CCN)c(Cl)c2)c1. The molecule has 0 atom stereocenters. The summed E-state index contributed by atoms with van der Waals surface area (Å²) >= 11 is 6.30. The monoisotopic (exact) mass is 304 g/mol. The van der Waals surface area contributed by atoms with Gasteiger partial charge in [-0.2, -0.15) is 0 Å². The molecule has 0 fully saturated rings. The number of nitrogens with zero attached hydrogens (tertiary/aromatic N) is 1. The highest BCUT2D eigenvalue weighted by Gasteiger charge is 2.06. The molecule has 0 aromatic heterocycles. The first-order valence-corrected chi connectivity index (χ1v) is 7.34. The predicted octanol–water partition coefficient (Wildman–Crippen LogP) is 3.49. The molecule has 2 N–H and O–H groups in total. The highest BCUT2D eigenvalue weighted by molar-refractivity contribution is 6.31. The summed E-state index contributed by atoms with van der Waals surface area (Å²) in [6.45, 7) is 1.41. The Balaban J connectivity index is 2.12. The van der Waals surface area contributed by atoms with Crippen molar-refractivity contribution < 1.29 is 4.74 Å². The van der Waals surface area contributed by atoms with Crippen molar-refractivity contribution in [1.82, 2.24) is 0 Å². The van der Waals surface area contributed by atoms with Gasteiger partial charge in [-0.3, -0.25) is 0 Å². The summed E-state index contributed by atoms with van der Waals surface area (Å²) in [5.74, 6) is 0.872. The van der Waals surface area contributed by atoms with E-state index in [1.54, 1.807) is 7.11 Å². The molecule has 0 heterocycles. The molecule has 0 aliphatic heterocycles. The molecule has 0 spiro atoms. The molecule has 0 unspecified atom stereocenters. The molecule has 2 aromatic rings. The molecule has 0 saturated carbocycles. The fourth-order valence-electron chi connectivity index (χ4n) is 2.27. The van der Waals surface area contributed by atoms with Crippen LogP contribution in [0.2, 0.25) is 5.02 Å². The maximum Gasteiger partial charge on any atom is 0.119 e. The van der Waals surface area contributed by atoms with Gasteiger partial charge >= 0.3 is 0 Å². The van der Waals surface area contributed by atoms with Crippen molar-refractivity contribution in [2.75, 3.05) is 25.6 Å². The average Bonchev–Trinajstić information content (AvgIpc) is 2.49. The van der Waals surface area contributed by atoms with Crippen molar-refractivity contribution in [3.8, 4) is 5.75 Å². The van der Waals surface area contributed by atoms with Gasteiger partial charge < -0.3 is 15.4 Å². The molecule has 4 heteroatoms. The van der Waals surface area contributed by atoms with E-state index in [2.05, 4.69) is 17.0 Å². The van der Waals surface area contributed by atoms with Crippen LogP contribution in [0.3, 0.4) is 0 Å². The van der Waals surface area contributed by atoms with Crippen LogP contribution >= 0.6 is 11.6 Å². The normalized spacial score (nSPS) is 10.5. The predicted molar refractivity (Wildman–Crippen MR) is 89.3 cm³/mol. The molecule has 0 aliphatic rings. The lowest BCUT2D eigenvalue weighted by molar-refractivity contribution is 0.414. The Bertz CT molecular complexity index is 601. The Morgan fingerprint density at radius 2 is 2.00 bits per heavy atom. The van der Waals surface area contributed by atoms with E-state index in [1.165, 1.54) is 5.56 Å². The van der Waals surface area contributed by atoms with Crippen molar-refractivity contribution in [2.45, 2.75) is 13.0 Å². The van der Waals surface area contributed by atoms with Crippen LogP contribution in [0.25, 0.3) is 0 Å². The van der Waals surface area contributed by atoms with E-state index >= 15 is 0 Å². The topological polar surface area (TPSA) is 38.5 Å². The largest absolute Gasteiger partial charge is 0.497 e. The number of hydrogen-bond donors (Lipinski definition) is 1. The summed E-state index contributed by atoms with van der Waals surface area (Å²) in [5.41, 5.74) is 8.95. The van der Waals surface area contributed by atoms with E-state index in [0.29, 0.717) is 6.54 Å². The van der Waals surface area contributed by atoms with Gasteiger partial charge in [0.2, 0.25) is 0 Å². The summed E-state index contributed by atoms with van der Waals surface area (Å²) in [7, 11) is 3.73. The van der Waals surface area contributed by atoms with E-state index < -0.39 is 0 Å². The maximum absolute atomic E-state index is 6.30. The fourth-order valence-corrected chi connectivity index (χ4v) is 2.54. The number of rotatable bonds is 6. The van der Waals surface area contributed by atoms with Gasteiger partial charge in [-0.25, -0.2) is 0 Å². The Morgan fingerprint density at radius 3 is 2.67 bits per heavy atom. The minimum atomic E-state index is 0.610. The number of benzene rings is 2. The molecule has 0 radical (unpaired) electrons. The molecule has 3 nitrogen and oxygen atoms in total. The highest BCUT2D eigenvalue weighted by Crippen LogP contribution is 2.25. The van der Waals surface area contributed by atoms with Gasteiger partial charge in [-0.05, 0) is 48.4 Å². The highest BCUT2D eigenvalue weighted by atomic mass is 35.5. The summed E-state index contributed by atoms with van der Waals surface area (Å²) in [5, 5.41) is 0.774. The van der Waals surface area contributed by atoms with Crippen molar-refractivity contribution in [3.05, 3.63) is 58.6 Å². The van der Waals surface area contributed by atoms with Crippen LogP contribution in [0.1, 0.15) is 11.1 Å². The quantitative estimate of drug-likeness (QED) is 0.888. The van der Waals surface area contributed by atoms with Crippen molar-refractivity contribution in [1.29, 1.82) is 0 Å². The lowest BCUT2D eigenvalue weighted by Crippen LogP contribution is -2.16. The summed E-state index contributed by atoms with van der Waals surface area (Å²) in [6.07, 6.45) is 0.804. The first-order valence-electron chi connectivity index (χ1n) is 6.96. The van der Waals surface area contributed by atoms with Crippen LogP contribution in [-0.4, -0.2) is 20.7 Å². The zero-order valence-corrected chi connectivity index (χ0v) is 13.2. The molecule has 0 aliphatic carbocycles. The third-order valence-corrected chi connectivity index (χ3v) is 3.80. The number of halogens is 1. The van der Waals surface area contributed by atoms with Crippen LogP contribution in [0.5, 0.6) is 5.75 Å². The van der Waals surface area contributed by atoms with Crippen LogP contribution in [0.15, 0.2) is 42.5 Å². The number of ether oxygens (including phenoxy) is 1. The van der Waals surface area contributed by atoms with Gasteiger partial charge in [0.05, 0.1) is 7.11 Å².